The molecule has 98 valence electrons. The largest absolute Gasteiger partial charge is 0.123 e. The first-order valence-corrected chi connectivity index (χ1v) is 7.67. The van der Waals surface area contributed by atoms with E-state index < -0.39 is 0 Å². The molecule has 2 unspecified atom stereocenters. The van der Waals surface area contributed by atoms with E-state index in [0.29, 0.717) is 5.38 Å². The van der Waals surface area contributed by atoms with Crippen molar-refractivity contribution < 1.29 is 0 Å². The van der Waals surface area contributed by atoms with Gasteiger partial charge in [-0.1, -0.05) is 40.5 Å². The maximum Gasteiger partial charge on any atom is 0.0307 e. The summed E-state index contributed by atoms with van der Waals surface area (Å²) in [7, 11) is 0. The van der Waals surface area contributed by atoms with E-state index in [0.717, 1.165) is 17.8 Å². The summed E-state index contributed by atoms with van der Waals surface area (Å²) in [6, 6.07) is 0. The van der Waals surface area contributed by atoms with Crippen molar-refractivity contribution in [2.24, 2.45) is 17.8 Å². The summed E-state index contributed by atoms with van der Waals surface area (Å²) in [5.41, 5.74) is 0. The van der Waals surface area contributed by atoms with Crippen LogP contribution in [0.3, 0.4) is 0 Å². The summed E-state index contributed by atoms with van der Waals surface area (Å²) in [6.07, 6.45) is 8.33. The van der Waals surface area contributed by atoms with Gasteiger partial charge in [0.05, 0.1) is 0 Å². The van der Waals surface area contributed by atoms with E-state index in [1.807, 2.05) is 13.8 Å². The van der Waals surface area contributed by atoms with Gasteiger partial charge in [0.25, 0.3) is 0 Å². The molecule has 1 heteroatoms. The fourth-order valence-electron chi connectivity index (χ4n) is 2.58. The van der Waals surface area contributed by atoms with E-state index in [-0.39, 0.29) is 0 Å². The van der Waals surface area contributed by atoms with E-state index in [2.05, 4.69) is 20.8 Å². The molecular weight excluding hydrogens is 216 g/mol. The molecule has 1 aliphatic carbocycles. The number of hydrogen-bond donors (Lipinski definition) is 0. The molecule has 0 saturated heterocycles. The summed E-state index contributed by atoms with van der Waals surface area (Å²) in [5.74, 6) is 2.86. The van der Waals surface area contributed by atoms with Crippen molar-refractivity contribution in [2.45, 2.75) is 78.5 Å². The van der Waals surface area contributed by atoms with Crippen molar-refractivity contribution in [3.05, 3.63) is 0 Å². The number of alkyl halides is 1. The molecule has 0 aromatic heterocycles. The van der Waals surface area contributed by atoms with Crippen molar-refractivity contribution in [3.63, 3.8) is 0 Å². The standard InChI is InChI=1S/C13H25Cl.C2H6/c1-10-4-8-13(9-5-10)11(2)6-7-12(3)14;1-2/h10-13H,4-9H2,1-3H3;1-2H3. The lowest BCUT2D eigenvalue weighted by molar-refractivity contribution is 0.213. The second-order valence-corrected chi connectivity index (χ2v) is 6.10. The summed E-state index contributed by atoms with van der Waals surface area (Å²) in [4.78, 5) is 0. The third-order valence-electron chi connectivity index (χ3n) is 3.89. The molecule has 1 fully saturated rings. The van der Waals surface area contributed by atoms with Gasteiger partial charge in [-0.15, -0.1) is 11.6 Å². The highest BCUT2D eigenvalue weighted by Gasteiger charge is 2.22. The highest BCUT2D eigenvalue weighted by atomic mass is 35.5. The molecule has 0 N–H and O–H groups in total. The molecule has 0 nitrogen and oxygen atoms in total. The highest BCUT2D eigenvalue weighted by Crippen LogP contribution is 2.35. The molecule has 1 rings (SSSR count). The van der Waals surface area contributed by atoms with Crippen LogP contribution < -0.4 is 0 Å². The van der Waals surface area contributed by atoms with E-state index in [1.165, 1.54) is 38.5 Å². The third-order valence-corrected chi connectivity index (χ3v) is 4.10. The van der Waals surface area contributed by atoms with Crippen LogP contribution in [0.1, 0.15) is 73.1 Å². The second kappa shape index (κ2) is 9.33. The first kappa shape index (κ1) is 16.3. The van der Waals surface area contributed by atoms with E-state index in [1.54, 1.807) is 0 Å². The molecule has 1 aliphatic rings. The van der Waals surface area contributed by atoms with Crippen LogP contribution in [0.4, 0.5) is 0 Å². The first-order chi connectivity index (χ1) is 7.59. The Balaban J connectivity index is 0.00000106. The Labute approximate surface area is 108 Å². The van der Waals surface area contributed by atoms with Gasteiger partial charge in [-0.2, -0.15) is 0 Å². The van der Waals surface area contributed by atoms with Crippen LogP contribution in [0.25, 0.3) is 0 Å². The molecular formula is C15H31Cl. The molecule has 0 bridgehead atoms. The maximum absolute atomic E-state index is 5.98. The zero-order valence-electron chi connectivity index (χ0n) is 11.9. The maximum atomic E-state index is 5.98. The van der Waals surface area contributed by atoms with Crippen molar-refractivity contribution in [3.8, 4) is 0 Å². The summed E-state index contributed by atoms with van der Waals surface area (Å²) in [6.45, 7) is 10.9. The summed E-state index contributed by atoms with van der Waals surface area (Å²) < 4.78 is 0. The molecule has 0 spiro atoms. The van der Waals surface area contributed by atoms with Crippen LogP contribution in [0.15, 0.2) is 0 Å². The predicted molar refractivity (Wildman–Crippen MR) is 76.2 cm³/mol. The van der Waals surface area contributed by atoms with Crippen LogP contribution in [0, 0.1) is 17.8 Å². The molecule has 1 saturated carbocycles. The summed E-state index contributed by atoms with van der Waals surface area (Å²) in [5, 5.41) is 0.361. The average Bonchev–Trinajstić information content (AvgIpc) is 2.29. The van der Waals surface area contributed by atoms with Crippen molar-refractivity contribution in [2.75, 3.05) is 0 Å². The number of rotatable bonds is 4. The van der Waals surface area contributed by atoms with Crippen LogP contribution in [0.2, 0.25) is 0 Å². The minimum Gasteiger partial charge on any atom is -0.123 e. The van der Waals surface area contributed by atoms with Gasteiger partial charge in [0.1, 0.15) is 0 Å². The Morgan fingerprint density at radius 2 is 1.50 bits per heavy atom. The molecule has 2 atom stereocenters. The molecule has 0 aromatic rings. The van der Waals surface area contributed by atoms with Crippen molar-refractivity contribution in [1.82, 2.24) is 0 Å². The first-order valence-electron chi connectivity index (χ1n) is 7.23. The second-order valence-electron chi connectivity index (χ2n) is 5.36. The zero-order valence-corrected chi connectivity index (χ0v) is 12.7. The fraction of sp³-hybridized carbons (Fsp3) is 1.00. The number of halogens is 1. The summed E-state index contributed by atoms with van der Waals surface area (Å²) >= 11 is 5.98. The topological polar surface area (TPSA) is 0 Å². The minimum atomic E-state index is 0.361. The van der Waals surface area contributed by atoms with Crippen molar-refractivity contribution in [1.29, 1.82) is 0 Å². The average molecular weight is 247 g/mol. The molecule has 0 amide bonds. The van der Waals surface area contributed by atoms with E-state index >= 15 is 0 Å². The van der Waals surface area contributed by atoms with E-state index in [4.69, 9.17) is 11.6 Å². The van der Waals surface area contributed by atoms with Gasteiger partial charge in [0.15, 0.2) is 0 Å². The molecule has 0 aromatic carbocycles. The quantitative estimate of drug-likeness (QED) is 0.543. The van der Waals surface area contributed by atoms with Gasteiger partial charge in [-0.3, -0.25) is 0 Å². The highest BCUT2D eigenvalue weighted by molar-refractivity contribution is 6.20. The lowest BCUT2D eigenvalue weighted by Crippen LogP contribution is -2.19. The molecule has 16 heavy (non-hydrogen) atoms. The Kier molecular flexibility index (Phi) is 9.50. The van der Waals surface area contributed by atoms with Gasteiger partial charge in [-0.25, -0.2) is 0 Å². The van der Waals surface area contributed by atoms with Crippen molar-refractivity contribution >= 4 is 11.6 Å². The van der Waals surface area contributed by atoms with Crippen LogP contribution in [-0.4, -0.2) is 5.38 Å². The van der Waals surface area contributed by atoms with Gasteiger partial charge in [-0.05, 0) is 50.4 Å². The van der Waals surface area contributed by atoms with Gasteiger partial charge in [0, 0.05) is 5.38 Å². The molecule has 0 heterocycles. The third kappa shape index (κ3) is 6.78. The lowest BCUT2D eigenvalue weighted by Gasteiger charge is -2.31. The number of hydrogen-bond acceptors (Lipinski definition) is 0. The Bertz CT molecular complexity index is 146. The Morgan fingerprint density at radius 1 is 1.00 bits per heavy atom. The monoisotopic (exact) mass is 246 g/mol. The van der Waals surface area contributed by atoms with Crippen LogP contribution >= 0.6 is 11.6 Å². The van der Waals surface area contributed by atoms with Gasteiger partial charge in [0.2, 0.25) is 0 Å². The smallest absolute Gasteiger partial charge is 0.0307 e. The molecule has 0 aliphatic heterocycles. The predicted octanol–water partition coefficient (Wildman–Crippen LogP) is 5.88. The fourth-order valence-corrected chi connectivity index (χ4v) is 2.71. The normalized spacial score (nSPS) is 28.9. The molecule has 0 radical (unpaired) electrons. The SMILES string of the molecule is CC.CC(Cl)CCC(C)C1CCC(C)CC1. The van der Waals surface area contributed by atoms with Gasteiger partial charge < -0.3 is 0 Å². The Hall–Kier alpha value is 0.290. The Morgan fingerprint density at radius 3 is 1.94 bits per heavy atom. The van der Waals surface area contributed by atoms with Crippen LogP contribution in [-0.2, 0) is 0 Å². The van der Waals surface area contributed by atoms with Gasteiger partial charge >= 0.3 is 0 Å². The van der Waals surface area contributed by atoms with Crippen LogP contribution in [0.5, 0.6) is 0 Å². The van der Waals surface area contributed by atoms with E-state index in [9.17, 15) is 0 Å². The zero-order chi connectivity index (χ0) is 12.6. The lowest BCUT2D eigenvalue weighted by atomic mass is 9.75. The minimum absolute atomic E-state index is 0.361.